The number of alkyl halides is 2. The minimum Gasteiger partial charge on any atom is -0.392 e. The summed E-state index contributed by atoms with van der Waals surface area (Å²) in [5.41, 5.74) is -4.22. The van der Waals surface area contributed by atoms with Crippen LogP contribution in [0.3, 0.4) is 0 Å². The molecule has 8 rings (SSSR count). The smallest absolute Gasteiger partial charge is 0.190 e. The Morgan fingerprint density at radius 1 is 0.375 bits per heavy atom. The van der Waals surface area contributed by atoms with Crippen LogP contribution in [0, 0.1) is 52.8 Å². The predicted octanol–water partition coefficient (Wildman–Crippen LogP) is 5.38. The first-order valence-electron chi connectivity index (χ1n) is 28.1. The van der Waals surface area contributed by atoms with Crippen molar-refractivity contribution in [3.05, 3.63) is 46.6 Å². The van der Waals surface area contributed by atoms with Gasteiger partial charge in [0.1, 0.15) is 15.7 Å². The summed E-state index contributed by atoms with van der Waals surface area (Å²) in [6.07, 6.45) is 8.81. The SMILES string of the molecule is C.CC1=C[C@H]2[C@@]3(O)[C@H](C)C[C@@]4(Br)N=NC(C)(C)[C@H]4[C@@H]3C=C(CO)C[C@]2(O)C1=O.CC1=C[C@H]2[C@@]3(O)[C@H](C)C[C@]4(Br)[C@H]([C@@H]3C=C(CO)C[C@]2(O)C1=O)C4(C)C.S=S=S=S=S=S=S=S=S=S=S=S=S=S=S=S=S=S=S=S=S=S=S=S=S=S=S=S=S.S=S=S=S=S=S=S=S=S=S=S=S=S=S=S=S=S=S=S=S=S=S=S=S=S=S=S=S=S=S. The highest BCUT2D eigenvalue weighted by molar-refractivity contribution is 9.10. The Bertz CT molecular complexity index is 6410. The summed E-state index contributed by atoms with van der Waals surface area (Å²) < 4.78 is -0.648. The second-order valence-electron chi connectivity index (χ2n) is 22.5. The Kier molecular flexibility index (Phi) is 66.0. The molecule has 0 aromatic rings. The minimum atomic E-state index is -1.72. The second kappa shape index (κ2) is 63.8. The molecule has 112 heavy (non-hydrogen) atoms. The van der Waals surface area contributed by atoms with Crippen molar-refractivity contribution in [1.29, 1.82) is 0 Å². The number of hydrogen-bond donors (Lipinski definition) is 6. The summed E-state index contributed by atoms with van der Waals surface area (Å²) >= 11 is 26.9. The van der Waals surface area contributed by atoms with E-state index in [9.17, 15) is 40.2 Å². The van der Waals surface area contributed by atoms with E-state index in [0.29, 0.717) is 28.7 Å². The summed E-state index contributed by atoms with van der Waals surface area (Å²) in [4.78, 5) is 25.6. The molecule has 1 heterocycles. The monoisotopic (exact) mass is 2750 g/mol. The van der Waals surface area contributed by atoms with Crippen LogP contribution in [0.25, 0.3) is 0 Å². The molecule has 0 unspecified atom stereocenters. The Labute approximate surface area is 845 Å². The zero-order valence-electron chi connectivity index (χ0n) is 55.4. The van der Waals surface area contributed by atoms with Crippen molar-refractivity contribution in [1.82, 2.24) is 0 Å². The lowest BCUT2D eigenvalue weighted by atomic mass is 9.53. The first kappa shape index (κ1) is 116. The molecule has 0 saturated heterocycles. The zero-order chi connectivity index (χ0) is 81.5. The number of ketones is 2. The number of aliphatic hydroxyl groups is 6. The quantitative estimate of drug-likeness (QED) is 0.118. The third-order valence-electron chi connectivity index (χ3n) is 16.6. The van der Waals surface area contributed by atoms with Crippen LogP contribution in [0.5, 0.6) is 0 Å². The van der Waals surface area contributed by atoms with Gasteiger partial charge < -0.3 is 30.6 Å². The minimum absolute atomic E-state index is 0. The van der Waals surface area contributed by atoms with Gasteiger partial charge in [0.25, 0.3) is 0 Å². The number of rotatable bonds is 2. The van der Waals surface area contributed by atoms with Crippen LogP contribution in [0.2, 0.25) is 0 Å². The van der Waals surface area contributed by atoms with E-state index >= 15 is 0 Å². The van der Waals surface area contributed by atoms with E-state index < -0.39 is 50.1 Å². The lowest BCUT2D eigenvalue weighted by Gasteiger charge is -2.56. The average Bonchev–Trinajstić information content (AvgIpc) is 1.48. The molecule has 71 heteroatoms. The molecule has 7 aliphatic carbocycles. The van der Waals surface area contributed by atoms with Crippen LogP contribution >= 0.6 is 31.9 Å². The summed E-state index contributed by atoms with van der Waals surface area (Å²) in [6, 6.07) is 0. The highest BCUT2D eigenvalue weighted by Crippen LogP contribution is 2.78. The molecule has 648 valence electrons. The van der Waals surface area contributed by atoms with Gasteiger partial charge in [-0.2, -0.15) is 10.2 Å². The molecule has 1 aliphatic heterocycles. The summed E-state index contributed by atoms with van der Waals surface area (Å²) in [7, 11) is 96.4. The van der Waals surface area contributed by atoms with Crippen molar-refractivity contribution in [3.8, 4) is 0 Å². The van der Waals surface area contributed by atoms with E-state index in [1.165, 1.54) is 35.5 Å². The Morgan fingerprint density at radius 2 is 0.598 bits per heavy atom. The van der Waals surface area contributed by atoms with Crippen LogP contribution in [0.15, 0.2) is 56.8 Å². The molecule has 3 fully saturated rings. The molecule has 6 N–H and O–H groups in total. The normalized spacial score (nSPS) is 28.0. The van der Waals surface area contributed by atoms with Gasteiger partial charge in [0, 0.05) is 580 Å². The zero-order valence-corrected chi connectivity index (χ0v) is 107. The summed E-state index contributed by atoms with van der Waals surface area (Å²) in [5, 5.41) is 75.6. The molecule has 0 amide bonds. The molecule has 8 aliphatic rings. The number of nitrogens with zero attached hydrogens (tertiary/aromatic N) is 2. The lowest BCUT2D eigenvalue weighted by Crippen LogP contribution is -2.65. The number of aliphatic hydroxyl groups excluding tert-OH is 2. The van der Waals surface area contributed by atoms with Crippen molar-refractivity contribution in [2.45, 2.75) is 125 Å². The van der Waals surface area contributed by atoms with Gasteiger partial charge >= 0.3 is 0 Å². The molecular formula is C41H58Br2N2O8S59. The molecule has 0 aromatic carbocycles. The first-order chi connectivity index (χ1) is 53.2. The van der Waals surface area contributed by atoms with Crippen LogP contribution in [0.4, 0.5) is 0 Å². The third kappa shape index (κ3) is 37.0. The lowest BCUT2D eigenvalue weighted by molar-refractivity contribution is -0.180. The van der Waals surface area contributed by atoms with Gasteiger partial charge in [-0.3, -0.25) is 9.59 Å². The Morgan fingerprint density at radius 3 is 0.830 bits per heavy atom. The number of Topliss-reactive ketones (excluding diaryl/α,β-unsaturated/α-hetero) is 2. The number of fused-ring (bicyclic) bond motifs is 10. The van der Waals surface area contributed by atoms with Crippen LogP contribution in [-0.4, -0.2) is 92.1 Å². The molecule has 0 spiro atoms. The summed E-state index contributed by atoms with van der Waals surface area (Å²) in [6.45, 7) is 15.3. The van der Waals surface area contributed by atoms with Gasteiger partial charge in [0.2, 0.25) is 0 Å². The maximum absolute atomic E-state index is 12.8. The van der Waals surface area contributed by atoms with Crippen LogP contribution in [0.1, 0.15) is 88.5 Å². The standard InChI is InChI=1S/C20H27BrN2O4.C20H27BrO4.CH4.S30.S29/c1-10-5-14-18(26,16(10)25)8-12(9-24)6-13-15-17(3,4)22-23-19(15,21)7-11(2)20(13,14)27;1-10-5-14-18(24,16(10)23)8-12(9-22)6-13-15-17(3,4)19(15,21)7-11(2)20(13,14)25;;1-3-5-7-9-11-13-15-17-19-21-23-25-27-29-30-28-26-24-22-20-18-16-14-12-10-8-6-4-2;1-3-5-7-9-11-13-15-17-19-21-23-25-27-29-28-26-24-22-20-18-16-14-12-10-8-6-4-2/h5-6,11,13-15,24,26-27H,7-9H2,1-4H3;5-6,11,13-15,22,24-25H,7-9H2,1-4H3;1H4;;/t11-,13+,14-,15-,18-,19-,20-;11-,13+,14-,15-,18-,19+,20-;;;/m11.../s1. The third-order valence-corrected chi connectivity index (χ3v) is 137. The van der Waals surface area contributed by atoms with Gasteiger partial charge in [-0.15, -0.1) is 0 Å². The molecule has 10 nitrogen and oxygen atoms in total. The average molecular weight is 2760 g/mol. The van der Waals surface area contributed by atoms with Crippen molar-refractivity contribution >= 4 is 577 Å². The molecule has 0 bridgehead atoms. The van der Waals surface area contributed by atoms with E-state index in [2.05, 4.69) is 55.9 Å². The number of carbonyl (C=O) groups is 2. The molecule has 3 saturated carbocycles. The van der Waals surface area contributed by atoms with Gasteiger partial charge in [-0.1, -0.05) is 91.3 Å². The van der Waals surface area contributed by atoms with Crippen molar-refractivity contribution in [3.63, 3.8) is 0 Å². The molecular weight excluding hydrogens is 2700 g/mol. The maximum Gasteiger partial charge on any atom is 0.190 e. The fraction of sp³-hybridized carbons (Fsp3) is 0.756. The molecule has 0 aromatic heterocycles. The number of halogens is 2. The predicted molar refractivity (Wildman–Crippen MR) is 643 cm³/mol. The van der Waals surface area contributed by atoms with Crippen molar-refractivity contribution < 1.29 is 40.2 Å². The Hall–Kier alpha value is 11.6. The number of carbonyl (C=O) groups excluding carboxylic acids is 2. The van der Waals surface area contributed by atoms with Gasteiger partial charge in [-0.05, 0) is 86.0 Å². The van der Waals surface area contributed by atoms with E-state index in [4.69, 9.17) is 44.8 Å². The second-order valence-corrected chi connectivity index (χ2v) is 123. The molecule has 14 atom stereocenters. The van der Waals surface area contributed by atoms with Crippen molar-refractivity contribution in [2.24, 2.45) is 63.0 Å². The first-order valence-corrected chi connectivity index (χ1v) is 106. The van der Waals surface area contributed by atoms with E-state index in [1.54, 1.807) is 275 Å². The molecule has 0 radical (unpaired) electrons. The van der Waals surface area contributed by atoms with E-state index in [1.807, 2.05) is 244 Å². The topological polar surface area (TPSA) is 180 Å². The fourth-order valence-electron chi connectivity index (χ4n) is 13.0. The highest BCUT2D eigenvalue weighted by atomic mass is 79.9. The van der Waals surface area contributed by atoms with Gasteiger partial charge in [-0.25, -0.2) is 0 Å². The van der Waals surface area contributed by atoms with E-state index in [0.717, 1.165) is 6.42 Å². The van der Waals surface area contributed by atoms with Crippen LogP contribution < -0.4 is 0 Å². The summed E-state index contributed by atoms with van der Waals surface area (Å²) in [5.74, 6) is -2.96. The number of hydrogen-bond acceptors (Lipinski definition) is 14. The van der Waals surface area contributed by atoms with Gasteiger partial charge in [0.05, 0.1) is 30.0 Å². The maximum atomic E-state index is 12.8. The number of azo groups is 1. The Balaban J connectivity index is 0.000000314. The largest absolute Gasteiger partial charge is 0.392 e. The van der Waals surface area contributed by atoms with Gasteiger partial charge in [0.15, 0.2) is 11.6 Å². The van der Waals surface area contributed by atoms with Crippen molar-refractivity contribution in [2.75, 3.05) is 13.2 Å². The highest BCUT2D eigenvalue weighted by Gasteiger charge is 2.80. The fourth-order valence-corrected chi connectivity index (χ4v) is 156. The van der Waals surface area contributed by atoms with E-state index in [-0.39, 0.29) is 84.4 Å². The van der Waals surface area contributed by atoms with Crippen LogP contribution in [-0.2, 0) is 543 Å².